The van der Waals surface area contributed by atoms with Gasteiger partial charge in [-0.1, -0.05) is 24.2 Å². The molecule has 148 valence electrons. The highest BCUT2D eigenvalue weighted by Crippen LogP contribution is 2.36. The number of pyridine rings is 1. The first-order valence-electron chi connectivity index (χ1n) is 8.90. The van der Waals surface area contributed by atoms with Crippen molar-refractivity contribution in [2.24, 2.45) is 5.92 Å². The van der Waals surface area contributed by atoms with Gasteiger partial charge in [-0.3, -0.25) is 9.59 Å². The molecule has 0 fully saturated rings. The molecule has 0 saturated heterocycles. The van der Waals surface area contributed by atoms with Crippen molar-refractivity contribution in [3.8, 4) is 0 Å². The molecule has 2 heterocycles. The van der Waals surface area contributed by atoms with Crippen molar-refractivity contribution in [2.75, 3.05) is 22.8 Å². The Labute approximate surface area is 171 Å². The first-order chi connectivity index (χ1) is 13.5. The van der Waals surface area contributed by atoms with Gasteiger partial charge in [-0.2, -0.15) is 4.31 Å². The van der Waals surface area contributed by atoms with E-state index in [0.717, 1.165) is 22.2 Å². The van der Waals surface area contributed by atoms with Crippen LogP contribution in [-0.4, -0.2) is 40.8 Å². The average Bonchev–Trinajstić information content (AvgIpc) is 3.13. The fourth-order valence-electron chi connectivity index (χ4n) is 2.90. The van der Waals surface area contributed by atoms with E-state index < -0.39 is 12.0 Å². The van der Waals surface area contributed by atoms with Crippen LogP contribution in [0.3, 0.4) is 0 Å². The zero-order chi connectivity index (χ0) is 20.3. The second-order valence-corrected chi connectivity index (χ2v) is 7.44. The maximum Gasteiger partial charge on any atom is 0.426 e. The van der Waals surface area contributed by atoms with Crippen molar-refractivity contribution in [1.82, 2.24) is 9.97 Å². The number of carbonyl (C=O) groups is 3. The smallest absolute Gasteiger partial charge is 0.426 e. The normalized spacial score (nSPS) is 15.7. The monoisotopic (exact) mass is 420 g/mol. The lowest BCUT2D eigenvalue weighted by Crippen LogP contribution is -2.29. The quantitative estimate of drug-likeness (QED) is 0.419. The van der Waals surface area contributed by atoms with Crippen LogP contribution in [0.1, 0.15) is 46.0 Å². The Balaban J connectivity index is 1.78. The molecule has 2 aromatic rings. The van der Waals surface area contributed by atoms with Crippen molar-refractivity contribution in [2.45, 2.75) is 26.7 Å². The molecule has 1 unspecified atom stereocenters. The standard InChI is InChI=1S/C18H20N4O4S2/c1-3-19-13-8-5-10(9-20-13)14(23)11-6-7-12-16(15(11)24)28-17(21-12)22(27)18(25)26-4-2/h5,8-9,11,27H,3-4,6-7H2,1-2H3,(H,19,20). The highest BCUT2D eigenvalue weighted by Gasteiger charge is 2.37. The SMILES string of the molecule is CCNc1ccc(C(=O)C2CCc3nc(N(S)C(=O)OCC)sc3C2=O)cn1. The lowest BCUT2D eigenvalue weighted by molar-refractivity contribution is 0.0792. The van der Waals surface area contributed by atoms with Gasteiger partial charge in [0.15, 0.2) is 11.6 Å². The zero-order valence-corrected chi connectivity index (χ0v) is 17.2. The van der Waals surface area contributed by atoms with Gasteiger partial charge in [0, 0.05) is 18.3 Å². The largest absolute Gasteiger partial charge is 0.449 e. The molecule has 10 heteroatoms. The number of anilines is 2. The Morgan fingerprint density at radius 1 is 1.39 bits per heavy atom. The van der Waals surface area contributed by atoms with Crippen molar-refractivity contribution in [1.29, 1.82) is 0 Å². The van der Waals surface area contributed by atoms with Crippen molar-refractivity contribution in [3.05, 3.63) is 34.5 Å². The topological polar surface area (TPSA) is 101 Å². The number of aromatic nitrogens is 2. The number of amides is 1. The summed E-state index contributed by atoms with van der Waals surface area (Å²) in [5.74, 6) is -0.634. The molecule has 2 aromatic heterocycles. The van der Waals surface area contributed by atoms with Crippen LogP contribution in [0.25, 0.3) is 0 Å². The highest BCUT2D eigenvalue weighted by atomic mass is 32.1. The number of rotatable bonds is 6. The molecule has 1 aliphatic rings. The maximum absolute atomic E-state index is 12.9. The summed E-state index contributed by atoms with van der Waals surface area (Å²) in [6, 6.07) is 3.39. The van der Waals surface area contributed by atoms with E-state index in [0.29, 0.717) is 34.8 Å². The van der Waals surface area contributed by atoms with Crippen molar-refractivity contribution < 1.29 is 19.1 Å². The molecule has 0 radical (unpaired) electrons. The minimum atomic E-state index is -0.774. The summed E-state index contributed by atoms with van der Waals surface area (Å²) in [5.41, 5.74) is 0.980. The number of aryl methyl sites for hydroxylation is 1. The van der Waals surface area contributed by atoms with Crippen molar-refractivity contribution >= 4 is 52.8 Å². The second-order valence-electron chi connectivity index (χ2n) is 6.07. The van der Waals surface area contributed by atoms with Crippen LogP contribution in [0.4, 0.5) is 15.7 Å². The van der Waals surface area contributed by atoms with E-state index in [1.807, 2.05) is 6.92 Å². The van der Waals surface area contributed by atoms with Gasteiger partial charge in [-0.25, -0.2) is 14.8 Å². The van der Waals surface area contributed by atoms with Crippen LogP contribution in [-0.2, 0) is 11.2 Å². The molecule has 0 aliphatic heterocycles. The number of ether oxygens (including phenoxy) is 1. The Kier molecular flexibility index (Phi) is 6.30. The molecule has 1 amide bonds. The van der Waals surface area contributed by atoms with E-state index in [9.17, 15) is 14.4 Å². The molecule has 1 atom stereocenters. The van der Waals surface area contributed by atoms with E-state index in [4.69, 9.17) is 4.74 Å². The Morgan fingerprint density at radius 2 is 2.18 bits per heavy atom. The van der Waals surface area contributed by atoms with Crippen LogP contribution < -0.4 is 9.62 Å². The molecule has 8 nitrogen and oxygen atoms in total. The van der Waals surface area contributed by atoms with Crippen LogP contribution in [0, 0.1) is 5.92 Å². The molecule has 0 bridgehead atoms. The number of Topliss-reactive ketones (excluding diaryl/α,β-unsaturated/α-hetero) is 2. The lowest BCUT2D eigenvalue weighted by Gasteiger charge is -2.18. The van der Waals surface area contributed by atoms with Gasteiger partial charge in [-0.15, -0.1) is 0 Å². The number of hydrogen-bond acceptors (Lipinski definition) is 9. The summed E-state index contributed by atoms with van der Waals surface area (Å²) in [5, 5.41) is 3.32. The van der Waals surface area contributed by atoms with Crippen LogP contribution in [0.5, 0.6) is 0 Å². The van der Waals surface area contributed by atoms with Crippen molar-refractivity contribution in [3.63, 3.8) is 0 Å². The second kappa shape index (κ2) is 8.70. The number of thiol groups is 1. The Bertz CT molecular complexity index is 897. The van der Waals surface area contributed by atoms with E-state index in [1.54, 1.807) is 19.1 Å². The molecule has 28 heavy (non-hydrogen) atoms. The molecule has 3 rings (SSSR count). The minimum absolute atomic E-state index is 0.205. The molecule has 0 spiro atoms. The fourth-order valence-corrected chi connectivity index (χ4v) is 4.13. The van der Waals surface area contributed by atoms with Crippen LogP contribution in [0.2, 0.25) is 0 Å². The maximum atomic E-state index is 12.9. The predicted molar refractivity (Wildman–Crippen MR) is 109 cm³/mol. The summed E-state index contributed by atoms with van der Waals surface area (Å²) in [4.78, 5) is 46.4. The number of hydrogen-bond donors (Lipinski definition) is 2. The number of thiazole rings is 1. The summed E-state index contributed by atoms with van der Waals surface area (Å²) in [6.45, 7) is 4.57. The summed E-state index contributed by atoms with van der Waals surface area (Å²) >= 11 is 5.14. The van der Waals surface area contributed by atoms with Gasteiger partial charge in [0.2, 0.25) is 5.13 Å². The first-order valence-corrected chi connectivity index (χ1v) is 10.1. The minimum Gasteiger partial charge on any atom is -0.449 e. The summed E-state index contributed by atoms with van der Waals surface area (Å²) < 4.78 is 5.86. The third kappa shape index (κ3) is 4.02. The fraction of sp³-hybridized carbons (Fsp3) is 0.389. The average molecular weight is 421 g/mol. The van der Waals surface area contributed by atoms with Gasteiger partial charge in [0.1, 0.15) is 5.82 Å². The number of fused-ring (bicyclic) bond motifs is 1. The first kappa shape index (κ1) is 20.3. The molecular weight excluding hydrogens is 400 g/mol. The van der Waals surface area contributed by atoms with Gasteiger partial charge >= 0.3 is 6.09 Å². The number of nitrogens with zero attached hydrogens (tertiary/aromatic N) is 3. The van der Waals surface area contributed by atoms with E-state index in [1.165, 1.54) is 6.20 Å². The predicted octanol–water partition coefficient (Wildman–Crippen LogP) is 3.41. The summed E-state index contributed by atoms with van der Waals surface area (Å²) in [7, 11) is 0. The number of carbonyl (C=O) groups excluding carboxylic acids is 3. The van der Waals surface area contributed by atoms with E-state index in [-0.39, 0.29) is 23.3 Å². The van der Waals surface area contributed by atoms with Gasteiger partial charge in [0.25, 0.3) is 0 Å². The zero-order valence-electron chi connectivity index (χ0n) is 15.5. The van der Waals surface area contributed by atoms with Gasteiger partial charge < -0.3 is 10.1 Å². The Hall–Kier alpha value is -2.46. The van der Waals surface area contributed by atoms with Crippen LogP contribution in [0.15, 0.2) is 18.3 Å². The molecule has 1 aliphatic carbocycles. The third-order valence-corrected chi connectivity index (χ3v) is 5.83. The number of nitrogens with one attached hydrogen (secondary N) is 1. The van der Waals surface area contributed by atoms with Crippen LogP contribution >= 0.6 is 24.2 Å². The molecule has 1 N–H and O–H groups in total. The highest BCUT2D eigenvalue weighted by molar-refractivity contribution is 7.83. The molecule has 0 saturated carbocycles. The molecule has 0 aromatic carbocycles. The van der Waals surface area contributed by atoms with Gasteiger partial charge in [0.05, 0.1) is 23.1 Å². The van der Waals surface area contributed by atoms with Gasteiger partial charge in [-0.05, 0) is 38.8 Å². The van der Waals surface area contributed by atoms with E-state index >= 15 is 0 Å². The molecular formula is C18H20N4O4S2. The summed E-state index contributed by atoms with van der Waals surface area (Å²) in [6.07, 6.45) is 1.66. The number of ketones is 2. The van der Waals surface area contributed by atoms with E-state index in [2.05, 4.69) is 28.1 Å². The Morgan fingerprint density at radius 3 is 2.82 bits per heavy atom. The lowest BCUT2D eigenvalue weighted by atomic mass is 9.84. The third-order valence-electron chi connectivity index (χ3n) is 4.24.